The minimum atomic E-state index is 0.0150. The molecule has 1 atom stereocenters. The van der Waals surface area contributed by atoms with E-state index >= 15 is 0 Å². The first-order valence-electron chi connectivity index (χ1n) is 6.52. The van der Waals surface area contributed by atoms with Crippen LogP contribution in [-0.2, 0) is 17.6 Å². The van der Waals surface area contributed by atoms with Crippen molar-refractivity contribution in [3.8, 4) is 0 Å². The van der Waals surface area contributed by atoms with Crippen LogP contribution in [0.15, 0.2) is 30.0 Å². The van der Waals surface area contributed by atoms with Crippen molar-refractivity contribution >= 4 is 0 Å². The molecule has 0 fully saturated rings. The molecule has 2 nitrogen and oxygen atoms in total. The zero-order valence-corrected chi connectivity index (χ0v) is 10.1. The molecule has 0 spiro atoms. The van der Waals surface area contributed by atoms with E-state index in [4.69, 9.17) is 10.5 Å². The fourth-order valence-electron chi connectivity index (χ4n) is 2.81. The molecule has 17 heavy (non-hydrogen) atoms. The van der Waals surface area contributed by atoms with Gasteiger partial charge in [0.25, 0.3) is 0 Å². The van der Waals surface area contributed by atoms with Gasteiger partial charge in [0.05, 0.1) is 18.9 Å². The Morgan fingerprint density at radius 2 is 1.94 bits per heavy atom. The Balaban J connectivity index is 1.86. The van der Waals surface area contributed by atoms with E-state index in [0.717, 1.165) is 19.4 Å². The maximum Gasteiger partial charge on any atom is 0.0876 e. The van der Waals surface area contributed by atoms with Gasteiger partial charge in [0, 0.05) is 0 Å². The molecule has 1 aromatic rings. The highest BCUT2D eigenvalue weighted by Gasteiger charge is 2.17. The molecule has 0 saturated carbocycles. The van der Waals surface area contributed by atoms with Crippen molar-refractivity contribution in [2.24, 2.45) is 5.73 Å². The maximum absolute atomic E-state index is 6.32. The summed E-state index contributed by atoms with van der Waals surface area (Å²) in [6, 6.07) is 6.75. The molecular formula is C15H19NO. The quantitative estimate of drug-likeness (QED) is 0.846. The molecule has 1 aliphatic carbocycles. The second-order valence-electron chi connectivity index (χ2n) is 5.03. The van der Waals surface area contributed by atoms with Crippen LogP contribution in [0.1, 0.15) is 42.0 Å². The molecule has 2 heteroatoms. The largest absolute Gasteiger partial charge is 0.501 e. The predicted octanol–water partition coefficient (Wildman–Crippen LogP) is 2.87. The predicted molar refractivity (Wildman–Crippen MR) is 68.7 cm³/mol. The van der Waals surface area contributed by atoms with E-state index < -0.39 is 0 Å². The summed E-state index contributed by atoms with van der Waals surface area (Å²) in [5.74, 6) is 0. The Kier molecular flexibility index (Phi) is 2.89. The van der Waals surface area contributed by atoms with Crippen LogP contribution in [0.4, 0.5) is 0 Å². The van der Waals surface area contributed by atoms with Crippen LogP contribution >= 0.6 is 0 Å². The first kappa shape index (κ1) is 10.8. The van der Waals surface area contributed by atoms with Crippen LogP contribution in [0.2, 0.25) is 0 Å². The van der Waals surface area contributed by atoms with Crippen LogP contribution < -0.4 is 5.73 Å². The maximum atomic E-state index is 6.32. The Bertz CT molecular complexity index is 450. The smallest absolute Gasteiger partial charge is 0.0876 e. The van der Waals surface area contributed by atoms with Crippen LogP contribution in [-0.4, -0.2) is 6.61 Å². The summed E-state index contributed by atoms with van der Waals surface area (Å²) in [5.41, 5.74) is 11.8. The van der Waals surface area contributed by atoms with Crippen molar-refractivity contribution in [3.63, 3.8) is 0 Å². The molecule has 0 radical (unpaired) electrons. The molecule has 3 rings (SSSR count). The third kappa shape index (κ3) is 2.09. The highest BCUT2D eigenvalue weighted by atomic mass is 16.5. The van der Waals surface area contributed by atoms with Crippen LogP contribution in [0, 0.1) is 0 Å². The normalized spacial score (nSPS) is 20.4. The minimum Gasteiger partial charge on any atom is -0.501 e. The fraction of sp³-hybridized carbons (Fsp3) is 0.467. The van der Waals surface area contributed by atoms with Crippen molar-refractivity contribution in [1.82, 2.24) is 0 Å². The number of hydrogen-bond acceptors (Lipinski definition) is 2. The van der Waals surface area contributed by atoms with E-state index in [1.165, 1.54) is 41.5 Å². The zero-order valence-electron chi connectivity index (χ0n) is 10.1. The third-order valence-corrected chi connectivity index (χ3v) is 3.84. The van der Waals surface area contributed by atoms with Crippen molar-refractivity contribution in [2.75, 3.05) is 6.61 Å². The summed E-state index contributed by atoms with van der Waals surface area (Å²) in [6.45, 7) is 0.834. The van der Waals surface area contributed by atoms with Gasteiger partial charge in [0.2, 0.25) is 0 Å². The van der Waals surface area contributed by atoms with Crippen molar-refractivity contribution in [1.29, 1.82) is 0 Å². The molecular weight excluding hydrogens is 210 g/mol. The van der Waals surface area contributed by atoms with Gasteiger partial charge in [-0.15, -0.1) is 0 Å². The zero-order chi connectivity index (χ0) is 11.7. The second kappa shape index (κ2) is 4.53. The molecule has 0 aromatic heterocycles. The molecule has 1 heterocycles. The molecule has 2 aliphatic rings. The second-order valence-corrected chi connectivity index (χ2v) is 5.03. The van der Waals surface area contributed by atoms with E-state index in [9.17, 15) is 0 Å². The first-order valence-corrected chi connectivity index (χ1v) is 6.52. The Morgan fingerprint density at radius 1 is 1.06 bits per heavy atom. The van der Waals surface area contributed by atoms with E-state index in [1.54, 1.807) is 0 Å². The van der Waals surface area contributed by atoms with Crippen molar-refractivity contribution < 1.29 is 4.74 Å². The summed E-state index contributed by atoms with van der Waals surface area (Å²) in [7, 11) is 0. The number of benzene rings is 1. The number of ether oxygens (including phenoxy) is 1. The van der Waals surface area contributed by atoms with E-state index in [0.29, 0.717) is 0 Å². The number of fused-ring (bicyclic) bond motifs is 1. The van der Waals surface area contributed by atoms with Gasteiger partial charge in [0.1, 0.15) is 0 Å². The average molecular weight is 229 g/mol. The molecule has 0 amide bonds. The minimum absolute atomic E-state index is 0.0150. The standard InChI is InChI=1S/C15H19NO/c16-15(14-5-2-8-17-10-14)13-7-6-11-3-1-4-12(11)9-13/h6-7,9-10,15H,1-5,8,16H2. The molecule has 1 aliphatic heterocycles. The number of hydrogen-bond donors (Lipinski definition) is 1. The Morgan fingerprint density at radius 3 is 2.76 bits per heavy atom. The van der Waals surface area contributed by atoms with E-state index in [1.807, 2.05) is 6.26 Å². The molecule has 2 N–H and O–H groups in total. The van der Waals surface area contributed by atoms with Gasteiger partial charge < -0.3 is 10.5 Å². The Labute approximate surface area is 102 Å². The van der Waals surface area contributed by atoms with Gasteiger partial charge in [-0.05, 0) is 54.4 Å². The van der Waals surface area contributed by atoms with Gasteiger partial charge in [-0.1, -0.05) is 18.2 Å². The molecule has 0 saturated heterocycles. The van der Waals surface area contributed by atoms with Crippen LogP contribution in [0.25, 0.3) is 0 Å². The summed E-state index contributed by atoms with van der Waals surface area (Å²) >= 11 is 0. The van der Waals surface area contributed by atoms with Crippen molar-refractivity contribution in [2.45, 2.75) is 38.1 Å². The highest BCUT2D eigenvalue weighted by Crippen LogP contribution is 2.29. The molecule has 1 unspecified atom stereocenters. The monoisotopic (exact) mass is 229 g/mol. The lowest BCUT2D eigenvalue weighted by molar-refractivity contribution is 0.221. The molecule has 1 aromatic carbocycles. The highest BCUT2D eigenvalue weighted by molar-refractivity contribution is 5.38. The first-order chi connectivity index (χ1) is 8.34. The number of aryl methyl sites for hydroxylation is 2. The number of rotatable bonds is 2. The summed E-state index contributed by atoms with van der Waals surface area (Å²) in [5, 5.41) is 0. The lowest BCUT2D eigenvalue weighted by Gasteiger charge is -2.20. The molecule has 90 valence electrons. The third-order valence-electron chi connectivity index (χ3n) is 3.84. The summed E-state index contributed by atoms with van der Waals surface area (Å²) < 4.78 is 5.38. The van der Waals surface area contributed by atoms with Crippen molar-refractivity contribution in [3.05, 3.63) is 46.7 Å². The van der Waals surface area contributed by atoms with Gasteiger partial charge >= 0.3 is 0 Å². The van der Waals surface area contributed by atoms with Crippen LogP contribution in [0.5, 0.6) is 0 Å². The van der Waals surface area contributed by atoms with Gasteiger partial charge in [0.15, 0.2) is 0 Å². The SMILES string of the molecule is NC(C1=COCCC1)c1ccc2c(c1)CCC2. The fourth-order valence-corrected chi connectivity index (χ4v) is 2.81. The summed E-state index contributed by atoms with van der Waals surface area (Å²) in [6.07, 6.45) is 7.76. The number of nitrogens with two attached hydrogens (primary N) is 1. The average Bonchev–Trinajstić information content (AvgIpc) is 2.86. The van der Waals surface area contributed by atoms with E-state index in [2.05, 4.69) is 18.2 Å². The lowest BCUT2D eigenvalue weighted by atomic mass is 9.94. The topological polar surface area (TPSA) is 35.2 Å². The van der Waals surface area contributed by atoms with Crippen LogP contribution in [0.3, 0.4) is 0 Å². The lowest BCUT2D eigenvalue weighted by Crippen LogP contribution is -2.16. The summed E-state index contributed by atoms with van der Waals surface area (Å²) in [4.78, 5) is 0. The Hall–Kier alpha value is -1.28. The van der Waals surface area contributed by atoms with Gasteiger partial charge in [-0.25, -0.2) is 0 Å². The van der Waals surface area contributed by atoms with E-state index in [-0.39, 0.29) is 6.04 Å². The van der Waals surface area contributed by atoms with Gasteiger partial charge in [-0.2, -0.15) is 0 Å². The van der Waals surface area contributed by atoms with Gasteiger partial charge in [-0.3, -0.25) is 0 Å². The molecule has 0 bridgehead atoms.